The van der Waals surface area contributed by atoms with E-state index >= 15 is 0 Å². The standard InChI is InChI=1S/C11H15NO2.C2H6.H2/c1-8(2)11(13)14-7-9-3-5-10(12)6-4-9;1-2;/h3-6,8H,7,12H2,1-2H3;1-2H3;1H. The van der Waals surface area contributed by atoms with E-state index in [9.17, 15) is 4.79 Å². The summed E-state index contributed by atoms with van der Waals surface area (Å²) in [6.07, 6.45) is 0. The van der Waals surface area contributed by atoms with E-state index in [0.717, 1.165) is 5.56 Å². The van der Waals surface area contributed by atoms with Gasteiger partial charge in [0, 0.05) is 7.11 Å². The highest BCUT2D eigenvalue weighted by atomic mass is 16.5. The maximum atomic E-state index is 11.1. The summed E-state index contributed by atoms with van der Waals surface area (Å²) in [5, 5.41) is 0. The highest BCUT2D eigenvalue weighted by Gasteiger charge is 2.07. The Kier molecular flexibility index (Phi) is 7.01. The maximum absolute atomic E-state index is 11.1. The summed E-state index contributed by atoms with van der Waals surface area (Å²) in [6.45, 7) is 7.94. The Morgan fingerprint density at radius 3 is 2.25 bits per heavy atom. The molecule has 0 aliphatic rings. The van der Waals surface area contributed by atoms with Crippen molar-refractivity contribution in [1.29, 1.82) is 0 Å². The number of nitrogens with two attached hydrogens (primary N) is 1. The van der Waals surface area contributed by atoms with E-state index in [2.05, 4.69) is 0 Å². The number of carbonyl (C=O) groups is 1. The van der Waals surface area contributed by atoms with Crippen LogP contribution in [0.25, 0.3) is 0 Å². The van der Waals surface area contributed by atoms with Crippen LogP contribution in [0.3, 0.4) is 0 Å². The number of hydrogen-bond donors (Lipinski definition) is 1. The van der Waals surface area contributed by atoms with Gasteiger partial charge in [-0.25, -0.2) is 0 Å². The van der Waals surface area contributed by atoms with Crippen LogP contribution in [0, 0.1) is 5.92 Å². The van der Waals surface area contributed by atoms with Crippen molar-refractivity contribution >= 4 is 11.7 Å². The van der Waals surface area contributed by atoms with Gasteiger partial charge in [0.15, 0.2) is 0 Å². The molecule has 1 aromatic rings. The summed E-state index contributed by atoms with van der Waals surface area (Å²) in [7, 11) is 0. The molecule has 0 saturated heterocycles. The molecule has 0 bridgehead atoms. The highest BCUT2D eigenvalue weighted by Crippen LogP contribution is 2.07. The highest BCUT2D eigenvalue weighted by molar-refractivity contribution is 5.71. The van der Waals surface area contributed by atoms with Crippen LogP contribution < -0.4 is 5.73 Å². The average molecular weight is 225 g/mol. The molecule has 1 aromatic carbocycles. The molecule has 0 spiro atoms. The van der Waals surface area contributed by atoms with Crippen LogP contribution in [-0.4, -0.2) is 5.97 Å². The fourth-order valence-corrected chi connectivity index (χ4v) is 0.935. The van der Waals surface area contributed by atoms with Crippen molar-refractivity contribution in [2.45, 2.75) is 34.3 Å². The number of hydrogen-bond acceptors (Lipinski definition) is 3. The van der Waals surface area contributed by atoms with E-state index in [-0.39, 0.29) is 13.3 Å². The largest absolute Gasteiger partial charge is 0.461 e. The Morgan fingerprint density at radius 2 is 1.81 bits per heavy atom. The third-order valence-corrected chi connectivity index (χ3v) is 1.83. The second-order valence-corrected chi connectivity index (χ2v) is 3.50. The van der Waals surface area contributed by atoms with Crippen molar-refractivity contribution in [2.75, 3.05) is 5.73 Å². The van der Waals surface area contributed by atoms with Gasteiger partial charge in [-0.15, -0.1) is 0 Å². The van der Waals surface area contributed by atoms with E-state index in [1.807, 2.05) is 39.8 Å². The summed E-state index contributed by atoms with van der Waals surface area (Å²) in [4.78, 5) is 11.1. The first-order valence-corrected chi connectivity index (χ1v) is 5.60. The molecule has 1 rings (SSSR count). The SMILES string of the molecule is CC.CC(C)C(=O)OCc1ccc(N)cc1.[HH]. The normalized spacial score (nSPS) is 9.31. The van der Waals surface area contributed by atoms with Crippen molar-refractivity contribution in [3.8, 4) is 0 Å². The predicted molar refractivity (Wildman–Crippen MR) is 69.0 cm³/mol. The quantitative estimate of drug-likeness (QED) is 0.634. The Labute approximate surface area is 99.1 Å². The van der Waals surface area contributed by atoms with Crippen LogP contribution in [0.4, 0.5) is 5.69 Å². The molecule has 92 valence electrons. The van der Waals surface area contributed by atoms with E-state index in [1.54, 1.807) is 12.1 Å². The molecule has 16 heavy (non-hydrogen) atoms. The second-order valence-electron chi connectivity index (χ2n) is 3.50. The smallest absolute Gasteiger partial charge is 0.308 e. The van der Waals surface area contributed by atoms with Crippen molar-refractivity contribution < 1.29 is 11.0 Å². The van der Waals surface area contributed by atoms with Crippen LogP contribution in [0.5, 0.6) is 0 Å². The summed E-state index contributed by atoms with van der Waals surface area (Å²) >= 11 is 0. The number of anilines is 1. The first-order chi connectivity index (χ1) is 7.59. The molecule has 0 aliphatic carbocycles. The van der Waals surface area contributed by atoms with E-state index in [1.165, 1.54) is 0 Å². The molecule has 0 saturated carbocycles. The first-order valence-electron chi connectivity index (χ1n) is 5.60. The summed E-state index contributed by atoms with van der Waals surface area (Å²) in [6, 6.07) is 7.28. The van der Waals surface area contributed by atoms with Gasteiger partial charge in [-0.05, 0) is 17.7 Å². The maximum Gasteiger partial charge on any atom is 0.308 e. The number of esters is 1. The molecule has 0 aliphatic heterocycles. The Balaban J connectivity index is 0. The van der Waals surface area contributed by atoms with Gasteiger partial charge in [0.1, 0.15) is 6.61 Å². The third kappa shape index (κ3) is 5.39. The van der Waals surface area contributed by atoms with Gasteiger partial charge in [-0.1, -0.05) is 39.8 Å². The molecule has 0 atom stereocenters. The average Bonchev–Trinajstić information content (AvgIpc) is 2.30. The van der Waals surface area contributed by atoms with Crippen molar-refractivity contribution in [3.63, 3.8) is 0 Å². The van der Waals surface area contributed by atoms with Gasteiger partial charge in [0.25, 0.3) is 0 Å². The minimum atomic E-state index is -0.179. The van der Waals surface area contributed by atoms with Gasteiger partial charge < -0.3 is 10.5 Å². The van der Waals surface area contributed by atoms with Crippen LogP contribution in [0.1, 0.15) is 34.7 Å². The third-order valence-electron chi connectivity index (χ3n) is 1.83. The minimum absolute atomic E-state index is 0. The number of carbonyl (C=O) groups excluding carboxylic acids is 1. The first kappa shape index (κ1) is 14.5. The molecule has 0 radical (unpaired) electrons. The molecule has 0 heterocycles. The number of benzene rings is 1. The monoisotopic (exact) mass is 225 g/mol. The van der Waals surface area contributed by atoms with E-state index < -0.39 is 0 Å². The van der Waals surface area contributed by atoms with Crippen LogP contribution >= 0.6 is 0 Å². The molecule has 0 fully saturated rings. The second kappa shape index (κ2) is 7.74. The van der Waals surface area contributed by atoms with Crippen LogP contribution in [-0.2, 0) is 16.1 Å². The molecular weight excluding hydrogens is 202 g/mol. The zero-order valence-corrected chi connectivity index (χ0v) is 10.5. The van der Waals surface area contributed by atoms with Gasteiger partial charge in [0.2, 0.25) is 0 Å². The van der Waals surface area contributed by atoms with Crippen molar-refractivity contribution in [3.05, 3.63) is 29.8 Å². The van der Waals surface area contributed by atoms with Crippen molar-refractivity contribution in [2.24, 2.45) is 5.92 Å². The molecular formula is C13H23NO2. The lowest BCUT2D eigenvalue weighted by molar-refractivity contribution is -0.148. The number of ether oxygens (including phenoxy) is 1. The van der Waals surface area contributed by atoms with Gasteiger partial charge >= 0.3 is 5.97 Å². The van der Waals surface area contributed by atoms with Gasteiger partial charge in [-0.2, -0.15) is 0 Å². The van der Waals surface area contributed by atoms with Crippen LogP contribution in [0.15, 0.2) is 24.3 Å². The molecule has 0 amide bonds. The lowest BCUT2D eigenvalue weighted by atomic mass is 10.2. The van der Waals surface area contributed by atoms with E-state index in [4.69, 9.17) is 10.5 Å². The molecule has 0 aromatic heterocycles. The zero-order chi connectivity index (χ0) is 12.6. The summed E-state index contributed by atoms with van der Waals surface area (Å²) < 4.78 is 5.05. The molecule has 3 heteroatoms. The fourth-order valence-electron chi connectivity index (χ4n) is 0.935. The number of rotatable bonds is 3. The number of nitrogen functional groups attached to an aromatic ring is 1. The zero-order valence-electron chi connectivity index (χ0n) is 10.5. The van der Waals surface area contributed by atoms with Gasteiger partial charge in [0.05, 0.1) is 5.92 Å². The molecule has 3 nitrogen and oxygen atoms in total. The Hall–Kier alpha value is -1.51. The predicted octanol–water partition coefficient (Wildman–Crippen LogP) is 3.24. The lowest BCUT2D eigenvalue weighted by Gasteiger charge is -2.06. The molecule has 0 unspecified atom stereocenters. The van der Waals surface area contributed by atoms with E-state index in [0.29, 0.717) is 12.3 Å². The van der Waals surface area contributed by atoms with Gasteiger partial charge in [-0.3, -0.25) is 4.79 Å². The molecule has 2 N–H and O–H groups in total. The van der Waals surface area contributed by atoms with Crippen LogP contribution in [0.2, 0.25) is 0 Å². The summed E-state index contributed by atoms with van der Waals surface area (Å²) in [5.74, 6) is -0.259. The Bertz CT molecular complexity index is 310. The van der Waals surface area contributed by atoms with Crippen molar-refractivity contribution in [1.82, 2.24) is 0 Å². The lowest BCUT2D eigenvalue weighted by Crippen LogP contribution is -2.11. The fraction of sp³-hybridized carbons (Fsp3) is 0.462. The Morgan fingerprint density at radius 1 is 1.31 bits per heavy atom. The topological polar surface area (TPSA) is 52.3 Å². The summed E-state index contributed by atoms with van der Waals surface area (Å²) in [5.41, 5.74) is 7.19. The minimum Gasteiger partial charge on any atom is -0.461 e.